The van der Waals surface area contributed by atoms with E-state index in [1.807, 2.05) is 42.5 Å². The first-order valence-electron chi connectivity index (χ1n) is 8.72. The van der Waals surface area contributed by atoms with Crippen molar-refractivity contribution in [1.82, 2.24) is 0 Å². The Kier molecular flexibility index (Phi) is 7.25. The van der Waals surface area contributed by atoms with Gasteiger partial charge < -0.3 is 4.74 Å². The largest absolute Gasteiger partial charge is 0.457 e. The van der Waals surface area contributed by atoms with E-state index >= 15 is 0 Å². The van der Waals surface area contributed by atoms with Crippen molar-refractivity contribution in [3.05, 3.63) is 106 Å². The minimum Gasteiger partial charge on any atom is -0.457 e. The minimum absolute atomic E-state index is 0.263. The van der Waals surface area contributed by atoms with Crippen molar-refractivity contribution in [2.75, 3.05) is 0 Å². The molecule has 0 aliphatic carbocycles. The summed E-state index contributed by atoms with van der Waals surface area (Å²) < 4.78 is 5.62. The molecule has 0 bridgehead atoms. The number of carbonyl (C=O) groups is 1. The molecule has 0 N–H and O–H groups in total. The molecule has 0 heterocycles. The Bertz CT molecular complexity index is 885. The van der Waals surface area contributed by atoms with E-state index in [0.29, 0.717) is 12.0 Å². The van der Waals surface area contributed by atoms with Crippen LogP contribution in [0.15, 0.2) is 72.8 Å². The standard InChI is InChI=1S/C23H20Br2O2/c24-14-18-10-19(15-25)12-20(11-18)16-27-23(26)22-9-5-4-8-21(22)13-17-6-2-1-3-7-17/h1-12H,13-16H2. The summed E-state index contributed by atoms with van der Waals surface area (Å²) in [6, 6.07) is 24.0. The van der Waals surface area contributed by atoms with Crippen LogP contribution >= 0.6 is 31.9 Å². The molecule has 0 amide bonds. The van der Waals surface area contributed by atoms with Crippen LogP contribution in [0.25, 0.3) is 0 Å². The molecule has 3 aromatic carbocycles. The highest BCUT2D eigenvalue weighted by Gasteiger charge is 2.13. The summed E-state index contributed by atoms with van der Waals surface area (Å²) in [5.74, 6) is -0.286. The van der Waals surface area contributed by atoms with Crippen molar-refractivity contribution in [3.63, 3.8) is 0 Å². The molecule has 0 aliphatic heterocycles. The molecule has 3 aromatic rings. The number of carbonyl (C=O) groups excluding carboxylic acids is 1. The third kappa shape index (κ3) is 5.53. The second-order valence-electron chi connectivity index (χ2n) is 6.32. The highest BCUT2D eigenvalue weighted by Crippen LogP contribution is 2.19. The maximum Gasteiger partial charge on any atom is 0.338 e. The summed E-state index contributed by atoms with van der Waals surface area (Å²) in [7, 11) is 0. The van der Waals surface area contributed by atoms with Crippen LogP contribution in [-0.4, -0.2) is 5.97 Å². The topological polar surface area (TPSA) is 26.3 Å². The van der Waals surface area contributed by atoms with Crippen LogP contribution in [0.2, 0.25) is 0 Å². The Morgan fingerprint density at radius 3 is 2.00 bits per heavy atom. The molecule has 2 nitrogen and oxygen atoms in total. The smallest absolute Gasteiger partial charge is 0.338 e. The van der Waals surface area contributed by atoms with E-state index in [0.717, 1.165) is 21.8 Å². The Balaban J connectivity index is 1.73. The fraction of sp³-hybridized carbons (Fsp3) is 0.174. The predicted octanol–water partition coefficient (Wildman–Crippen LogP) is 6.42. The summed E-state index contributed by atoms with van der Waals surface area (Å²) in [5, 5.41) is 1.55. The Labute approximate surface area is 176 Å². The number of esters is 1. The highest BCUT2D eigenvalue weighted by molar-refractivity contribution is 9.08. The number of benzene rings is 3. The molecule has 0 atom stereocenters. The number of halogens is 2. The molecule has 0 unspecified atom stereocenters. The van der Waals surface area contributed by atoms with Crippen molar-refractivity contribution in [1.29, 1.82) is 0 Å². The molecule has 0 fully saturated rings. The van der Waals surface area contributed by atoms with Gasteiger partial charge in [-0.05, 0) is 40.3 Å². The lowest BCUT2D eigenvalue weighted by molar-refractivity contribution is 0.0471. The molecule has 4 heteroatoms. The quantitative estimate of drug-likeness (QED) is 0.283. The van der Waals surface area contributed by atoms with E-state index in [9.17, 15) is 4.79 Å². The molecular formula is C23H20Br2O2. The lowest BCUT2D eigenvalue weighted by atomic mass is 10.00. The van der Waals surface area contributed by atoms with Gasteiger partial charge in [-0.1, -0.05) is 98.6 Å². The normalized spacial score (nSPS) is 10.6. The summed E-state index contributed by atoms with van der Waals surface area (Å²) in [6.07, 6.45) is 0.707. The van der Waals surface area contributed by atoms with Crippen LogP contribution in [0.3, 0.4) is 0 Å². The van der Waals surface area contributed by atoms with E-state index in [2.05, 4.69) is 62.2 Å². The van der Waals surface area contributed by atoms with Gasteiger partial charge in [0.2, 0.25) is 0 Å². The van der Waals surface area contributed by atoms with E-state index < -0.39 is 0 Å². The van der Waals surface area contributed by atoms with Crippen LogP contribution in [0.1, 0.15) is 38.2 Å². The Morgan fingerprint density at radius 2 is 1.33 bits per heavy atom. The average Bonchev–Trinajstić information content (AvgIpc) is 2.72. The van der Waals surface area contributed by atoms with Crippen molar-refractivity contribution < 1.29 is 9.53 Å². The lowest BCUT2D eigenvalue weighted by Crippen LogP contribution is -2.09. The predicted molar refractivity (Wildman–Crippen MR) is 117 cm³/mol. The molecule has 0 aliphatic rings. The minimum atomic E-state index is -0.286. The fourth-order valence-electron chi connectivity index (χ4n) is 2.99. The zero-order chi connectivity index (χ0) is 19.1. The molecule has 0 spiro atoms. The van der Waals surface area contributed by atoms with E-state index in [1.54, 1.807) is 0 Å². The number of ether oxygens (including phenoxy) is 1. The molecule has 0 saturated carbocycles. The van der Waals surface area contributed by atoms with Crippen LogP contribution < -0.4 is 0 Å². The molecule has 0 saturated heterocycles. The van der Waals surface area contributed by atoms with Crippen LogP contribution in [0, 0.1) is 0 Å². The van der Waals surface area contributed by atoms with Crippen LogP contribution in [0.5, 0.6) is 0 Å². The van der Waals surface area contributed by atoms with Gasteiger partial charge in [0, 0.05) is 10.7 Å². The molecule has 27 heavy (non-hydrogen) atoms. The molecule has 3 rings (SSSR count). The van der Waals surface area contributed by atoms with Crippen LogP contribution in [0.4, 0.5) is 0 Å². The van der Waals surface area contributed by atoms with Gasteiger partial charge in [0.15, 0.2) is 0 Å². The van der Waals surface area contributed by atoms with Gasteiger partial charge in [-0.3, -0.25) is 0 Å². The second kappa shape index (κ2) is 9.86. The van der Waals surface area contributed by atoms with Crippen molar-refractivity contribution in [2.45, 2.75) is 23.7 Å². The van der Waals surface area contributed by atoms with E-state index in [1.165, 1.54) is 16.7 Å². The monoisotopic (exact) mass is 486 g/mol. The van der Waals surface area contributed by atoms with Gasteiger partial charge in [-0.2, -0.15) is 0 Å². The molecular weight excluding hydrogens is 468 g/mol. The van der Waals surface area contributed by atoms with Gasteiger partial charge in [-0.25, -0.2) is 4.79 Å². The van der Waals surface area contributed by atoms with Crippen molar-refractivity contribution in [3.8, 4) is 0 Å². The number of hydrogen-bond donors (Lipinski definition) is 0. The zero-order valence-corrected chi connectivity index (χ0v) is 18.0. The zero-order valence-electron chi connectivity index (χ0n) is 14.8. The van der Waals surface area contributed by atoms with Gasteiger partial charge in [-0.15, -0.1) is 0 Å². The Hall–Kier alpha value is -1.91. The van der Waals surface area contributed by atoms with Gasteiger partial charge in [0.1, 0.15) is 6.61 Å². The van der Waals surface area contributed by atoms with E-state index in [-0.39, 0.29) is 12.6 Å². The number of hydrogen-bond acceptors (Lipinski definition) is 2. The maximum absolute atomic E-state index is 12.7. The molecule has 138 valence electrons. The van der Waals surface area contributed by atoms with E-state index in [4.69, 9.17) is 4.74 Å². The number of rotatable bonds is 7. The first-order valence-corrected chi connectivity index (χ1v) is 11.0. The lowest BCUT2D eigenvalue weighted by Gasteiger charge is -2.11. The molecule has 0 aromatic heterocycles. The summed E-state index contributed by atoms with van der Waals surface area (Å²) >= 11 is 6.98. The molecule has 0 radical (unpaired) electrons. The van der Waals surface area contributed by atoms with Crippen LogP contribution in [-0.2, 0) is 28.4 Å². The summed E-state index contributed by atoms with van der Waals surface area (Å²) in [4.78, 5) is 12.7. The fourth-order valence-corrected chi connectivity index (χ4v) is 3.64. The maximum atomic E-state index is 12.7. The van der Waals surface area contributed by atoms with Crippen molar-refractivity contribution in [2.24, 2.45) is 0 Å². The van der Waals surface area contributed by atoms with Gasteiger partial charge in [0.05, 0.1) is 5.56 Å². The van der Waals surface area contributed by atoms with Gasteiger partial charge in [0.25, 0.3) is 0 Å². The summed E-state index contributed by atoms with van der Waals surface area (Å²) in [5.41, 5.74) is 6.10. The third-order valence-corrected chi connectivity index (χ3v) is 5.56. The third-order valence-electron chi connectivity index (χ3n) is 4.27. The first-order chi connectivity index (χ1) is 13.2. The van der Waals surface area contributed by atoms with Crippen molar-refractivity contribution >= 4 is 37.8 Å². The Morgan fingerprint density at radius 1 is 0.741 bits per heavy atom. The summed E-state index contributed by atoms with van der Waals surface area (Å²) in [6.45, 7) is 0.263. The second-order valence-corrected chi connectivity index (χ2v) is 7.44. The first kappa shape index (κ1) is 19.8. The number of alkyl halides is 2. The average molecular weight is 488 g/mol. The SMILES string of the molecule is O=C(OCc1cc(CBr)cc(CBr)c1)c1ccccc1Cc1ccccc1. The highest BCUT2D eigenvalue weighted by atomic mass is 79.9. The van der Waals surface area contributed by atoms with Gasteiger partial charge >= 0.3 is 5.97 Å².